The van der Waals surface area contributed by atoms with Crippen molar-refractivity contribution in [2.75, 3.05) is 7.11 Å². The summed E-state index contributed by atoms with van der Waals surface area (Å²) in [5.74, 6) is 0.183. The number of ether oxygens (including phenoxy) is 1. The van der Waals surface area contributed by atoms with Gasteiger partial charge in [0, 0.05) is 5.56 Å². The lowest BCUT2D eigenvalue weighted by atomic mass is 10.1. The molecule has 0 saturated heterocycles. The molecule has 0 aromatic heterocycles. The van der Waals surface area contributed by atoms with E-state index >= 15 is 0 Å². The van der Waals surface area contributed by atoms with Crippen molar-refractivity contribution in [3.05, 3.63) is 53.6 Å². The fourth-order valence-corrected chi connectivity index (χ4v) is 3.03. The number of hydrazone groups is 1. The van der Waals surface area contributed by atoms with Gasteiger partial charge in [0.25, 0.3) is 10.0 Å². The zero-order valence-electron chi connectivity index (χ0n) is 14.3. The molecule has 0 aliphatic rings. The fourth-order valence-electron chi connectivity index (χ4n) is 2.24. The number of methoxy groups -OCH3 is 1. The van der Waals surface area contributed by atoms with E-state index in [0.717, 1.165) is 24.8 Å². The Kier molecular flexibility index (Phi) is 6.41. The smallest absolute Gasteiger partial charge is 0.276 e. The Morgan fingerprint density at radius 2 is 1.92 bits per heavy atom. The minimum atomic E-state index is -3.76. The number of para-hydroxylation sites is 1. The Balaban J connectivity index is 2.08. The monoisotopic (exact) mass is 362 g/mol. The second-order valence-corrected chi connectivity index (χ2v) is 7.16. The number of phenolic OH excluding ortho intramolecular Hbond substituents is 1. The predicted octanol–water partition coefficient (Wildman–Crippen LogP) is 3.06. The number of benzene rings is 2. The number of nitrogens with zero attached hydrogens (tertiary/aromatic N) is 1. The second-order valence-electron chi connectivity index (χ2n) is 5.50. The van der Waals surface area contributed by atoms with Gasteiger partial charge in [0.15, 0.2) is 11.5 Å². The molecule has 2 N–H and O–H groups in total. The summed E-state index contributed by atoms with van der Waals surface area (Å²) in [5, 5.41) is 13.7. The molecule has 0 aliphatic carbocycles. The van der Waals surface area contributed by atoms with Crippen LogP contribution < -0.4 is 9.57 Å². The zero-order valence-corrected chi connectivity index (χ0v) is 15.1. The van der Waals surface area contributed by atoms with Gasteiger partial charge in [0.1, 0.15) is 0 Å². The van der Waals surface area contributed by atoms with Gasteiger partial charge in [-0.3, -0.25) is 0 Å². The molecule has 0 spiro atoms. The first-order chi connectivity index (χ1) is 12.0. The average Bonchev–Trinajstić information content (AvgIpc) is 2.61. The van der Waals surface area contributed by atoms with E-state index in [4.69, 9.17) is 4.74 Å². The summed E-state index contributed by atoms with van der Waals surface area (Å²) in [4.78, 5) is 2.28. The number of aromatic hydroxyl groups is 1. The molecule has 2 rings (SSSR count). The number of unbranched alkanes of at least 4 members (excludes halogenated alkanes) is 1. The molecule has 134 valence electrons. The van der Waals surface area contributed by atoms with Crippen LogP contribution in [0.25, 0.3) is 0 Å². The van der Waals surface area contributed by atoms with Crippen LogP contribution in [0.15, 0.2) is 52.5 Å². The van der Waals surface area contributed by atoms with Crippen molar-refractivity contribution in [3.8, 4) is 11.5 Å². The molecular formula is C18H22N2O4S. The van der Waals surface area contributed by atoms with Crippen molar-refractivity contribution in [3.63, 3.8) is 0 Å². The molecule has 7 heteroatoms. The molecule has 0 atom stereocenters. The summed E-state index contributed by atoms with van der Waals surface area (Å²) in [6.07, 6.45) is 4.31. The number of sulfonamides is 1. The van der Waals surface area contributed by atoms with Crippen LogP contribution in [-0.4, -0.2) is 26.8 Å². The molecular weight excluding hydrogens is 340 g/mol. The molecule has 0 saturated carbocycles. The first kappa shape index (κ1) is 18.8. The maximum absolute atomic E-state index is 12.2. The Labute approximate surface area is 148 Å². The van der Waals surface area contributed by atoms with E-state index in [1.165, 1.54) is 13.3 Å². The van der Waals surface area contributed by atoms with Gasteiger partial charge < -0.3 is 9.84 Å². The first-order valence-corrected chi connectivity index (χ1v) is 9.46. The van der Waals surface area contributed by atoms with Gasteiger partial charge in [0.05, 0.1) is 18.2 Å². The van der Waals surface area contributed by atoms with Crippen molar-refractivity contribution in [2.24, 2.45) is 5.10 Å². The van der Waals surface area contributed by atoms with Crippen molar-refractivity contribution >= 4 is 16.2 Å². The van der Waals surface area contributed by atoms with Crippen LogP contribution >= 0.6 is 0 Å². The van der Waals surface area contributed by atoms with E-state index < -0.39 is 10.0 Å². The van der Waals surface area contributed by atoms with Gasteiger partial charge in [-0.05, 0) is 42.7 Å². The predicted molar refractivity (Wildman–Crippen MR) is 97.6 cm³/mol. The molecule has 0 heterocycles. The summed E-state index contributed by atoms with van der Waals surface area (Å²) in [7, 11) is -2.32. The first-order valence-electron chi connectivity index (χ1n) is 7.97. The van der Waals surface area contributed by atoms with Crippen molar-refractivity contribution < 1.29 is 18.3 Å². The lowest BCUT2D eigenvalue weighted by Crippen LogP contribution is -2.18. The third kappa shape index (κ3) is 4.96. The quantitative estimate of drug-likeness (QED) is 0.558. The van der Waals surface area contributed by atoms with Crippen LogP contribution in [0, 0.1) is 0 Å². The molecule has 0 radical (unpaired) electrons. The Morgan fingerprint density at radius 3 is 2.56 bits per heavy atom. The summed E-state index contributed by atoms with van der Waals surface area (Å²) in [5.41, 5.74) is 1.45. The maximum atomic E-state index is 12.2. The molecule has 0 fully saturated rings. The fraction of sp³-hybridized carbons (Fsp3) is 0.278. The van der Waals surface area contributed by atoms with Gasteiger partial charge in [-0.15, -0.1) is 0 Å². The Morgan fingerprint density at radius 1 is 1.20 bits per heavy atom. The Hall–Kier alpha value is -2.54. The number of hydrogen-bond donors (Lipinski definition) is 2. The third-order valence-corrected chi connectivity index (χ3v) is 4.92. The minimum absolute atomic E-state index is 0.103. The van der Waals surface area contributed by atoms with Crippen LogP contribution in [0.5, 0.6) is 11.5 Å². The molecule has 0 bridgehead atoms. The molecule has 2 aromatic carbocycles. The number of hydrogen-bond acceptors (Lipinski definition) is 5. The number of aryl methyl sites for hydroxylation is 1. The molecule has 0 unspecified atom stereocenters. The molecule has 0 aliphatic heterocycles. The van der Waals surface area contributed by atoms with E-state index in [1.807, 2.05) is 12.1 Å². The number of phenols is 1. The molecule has 0 amide bonds. The van der Waals surface area contributed by atoms with Gasteiger partial charge in [-0.25, -0.2) is 4.83 Å². The van der Waals surface area contributed by atoms with Gasteiger partial charge >= 0.3 is 0 Å². The summed E-state index contributed by atoms with van der Waals surface area (Å²) in [6.45, 7) is 2.11. The van der Waals surface area contributed by atoms with Gasteiger partial charge in [-0.2, -0.15) is 13.5 Å². The number of rotatable bonds is 8. The third-order valence-electron chi connectivity index (χ3n) is 3.68. The van der Waals surface area contributed by atoms with E-state index in [9.17, 15) is 13.5 Å². The van der Waals surface area contributed by atoms with E-state index in [-0.39, 0.29) is 16.4 Å². The van der Waals surface area contributed by atoms with Crippen LogP contribution in [0.2, 0.25) is 0 Å². The maximum Gasteiger partial charge on any atom is 0.276 e. The highest BCUT2D eigenvalue weighted by atomic mass is 32.2. The van der Waals surface area contributed by atoms with Crippen LogP contribution in [-0.2, 0) is 16.4 Å². The largest absolute Gasteiger partial charge is 0.504 e. The van der Waals surface area contributed by atoms with Crippen molar-refractivity contribution in [2.45, 2.75) is 31.1 Å². The molecule has 6 nitrogen and oxygen atoms in total. The molecule has 25 heavy (non-hydrogen) atoms. The lowest BCUT2D eigenvalue weighted by Gasteiger charge is -2.06. The van der Waals surface area contributed by atoms with Crippen molar-refractivity contribution in [1.29, 1.82) is 0 Å². The zero-order chi connectivity index (χ0) is 18.3. The number of nitrogens with one attached hydrogen (secondary N) is 1. The van der Waals surface area contributed by atoms with Gasteiger partial charge in [-0.1, -0.05) is 31.5 Å². The lowest BCUT2D eigenvalue weighted by molar-refractivity contribution is 0.373. The second kappa shape index (κ2) is 8.53. The summed E-state index contributed by atoms with van der Waals surface area (Å²) < 4.78 is 29.5. The normalized spacial score (nSPS) is 11.6. The van der Waals surface area contributed by atoms with E-state index in [2.05, 4.69) is 16.9 Å². The van der Waals surface area contributed by atoms with E-state index in [0.29, 0.717) is 5.56 Å². The highest BCUT2D eigenvalue weighted by molar-refractivity contribution is 7.89. The van der Waals surface area contributed by atoms with E-state index in [1.54, 1.807) is 30.3 Å². The van der Waals surface area contributed by atoms with Crippen LogP contribution in [0.4, 0.5) is 0 Å². The standard InChI is InChI=1S/C18H22N2O4S/c1-3-4-6-14-9-11-16(12-10-14)25(22,23)20-19-13-15-7-5-8-17(24-2)18(15)21/h5,7-13,20-21H,3-4,6H2,1-2H3/b19-13+. The summed E-state index contributed by atoms with van der Waals surface area (Å²) in [6, 6.07) is 11.6. The highest BCUT2D eigenvalue weighted by Gasteiger charge is 2.12. The highest BCUT2D eigenvalue weighted by Crippen LogP contribution is 2.27. The van der Waals surface area contributed by atoms with Crippen LogP contribution in [0.1, 0.15) is 30.9 Å². The van der Waals surface area contributed by atoms with Crippen LogP contribution in [0.3, 0.4) is 0 Å². The molecule has 2 aromatic rings. The minimum Gasteiger partial charge on any atom is -0.504 e. The Bertz CT molecular complexity index is 831. The topological polar surface area (TPSA) is 88.0 Å². The average molecular weight is 362 g/mol. The van der Waals surface area contributed by atoms with Gasteiger partial charge in [0.2, 0.25) is 0 Å². The SMILES string of the molecule is CCCCc1ccc(S(=O)(=O)N/N=C/c2cccc(OC)c2O)cc1. The summed E-state index contributed by atoms with van der Waals surface area (Å²) >= 11 is 0. The van der Waals surface area contributed by atoms with Crippen molar-refractivity contribution in [1.82, 2.24) is 4.83 Å².